The second-order valence-electron chi connectivity index (χ2n) is 6.07. The van der Waals surface area contributed by atoms with E-state index < -0.39 is 0 Å². The van der Waals surface area contributed by atoms with Crippen molar-refractivity contribution in [2.24, 2.45) is 5.73 Å². The predicted octanol–water partition coefficient (Wildman–Crippen LogP) is 3.99. The van der Waals surface area contributed by atoms with E-state index in [1.54, 1.807) is 11.3 Å². The average molecular weight is 274 g/mol. The van der Waals surface area contributed by atoms with Crippen LogP contribution in [0.3, 0.4) is 0 Å². The van der Waals surface area contributed by atoms with Crippen LogP contribution in [0, 0.1) is 6.92 Å². The lowest BCUT2D eigenvalue weighted by molar-refractivity contribution is 0.589. The van der Waals surface area contributed by atoms with Crippen molar-refractivity contribution in [3.63, 3.8) is 0 Å². The van der Waals surface area contributed by atoms with Gasteiger partial charge in [0.1, 0.15) is 0 Å². The van der Waals surface area contributed by atoms with Gasteiger partial charge in [0, 0.05) is 23.5 Å². The van der Waals surface area contributed by atoms with E-state index >= 15 is 0 Å². The second kappa shape index (κ2) is 5.43. The highest BCUT2D eigenvalue weighted by atomic mass is 32.1. The minimum Gasteiger partial charge on any atom is -0.324 e. The molecule has 1 unspecified atom stereocenters. The molecule has 1 atom stereocenters. The maximum Gasteiger partial charge on any atom is 0.0947 e. The van der Waals surface area contributed by atoms with Gasteiger partial charge in [-0.05, 0) is 23.5 Å². The van der Waals surface area contributed by atoms with Gasteiger partial charge in [0.2, 0.25) is 0 Å². The number of aromatic nitrogens is 1. The molecule has 2 rings (SSSR count). The molecule has 0 aliphatic carbocycles. The number of thiazole rings is 1. The molecule has 0 amide bonds. The number of aryl methyl sites for hydroxylation is 1. The first-order chi connectivity index (χ1) is 8.86. The molecule has 0 aliphatic rings. The largest absolute Gasteiger partial charge is 0.324 e. The summed E-state index contributed by atoms with van der Waals surface area (Å²) in [5.74, 6) is 0. The number of benzene rings is 1. The smallest absolute Gasteiger partial charge is 0.0947 e. The summed E-state index contributed by atoms with van der Waals surface area (Å²) in [5.41, 5.74) is 10.1. The summed E-state index contributed by atoms with van der Waals surface area (Å²) in [7, 11) is 0. The molecule has 0 radical (unpaired) electrons. The Balaban J connectivity index is 2.09. The number of nitrogens with zero attached hydrogens (tertiary/aromatic N) is 1. The van der Waals surface area contributed by atoms with E-state index in [1.807, 2.05) is 6.92 Å². The zero-order valence-corrected chi connectivity index (χ0v) is 12.9. The Labute approximate surface area is 119 Å². The molecule has 2 nitrogen and oxygen atoms in total. The molecule has 0 saturated heterocycles. The van der Waals surface area contributed by atoms with Gasteiger partial charge in [-0.25, -0.2) is 4.98 Å². The molecular weight excluding hydrogens is 252 g/mol. The number of hydrogen-bond acceptors (Lipinski definition) is 3. The summed E-state index contributed by atoms with van der Waals surface area (Å²) in [4.78, 5) is 4.47. The Morgan fingerprint density at radius 3 is 2.32 bits per heavy atom. The van der Waals surface area contributed by atoms with Crippen molar-refractivity contribution in [3.05, 3.63) is 51.5 Å². The Kier molecular flexibility index (Phi) is 4.07. The van der Waals surface area contributed by atoms with E-state index in [9.17, 15) is 0 Å². The van der Waals surface area contributed by atoms with Gasteiger partial charge in [-0.15, -0.1) is 11.3 Å². The molecule has 2 aromatic rings. The highest BCUT2D eigenvalue weighted by molar-refractivity contribution is 7.09. The highest BCUT2D eigenvalue weighted by Crippen LogP contribution is 2.25. The van der Waals surface area contributed by atoms with Gasteiger partial charge in [-0.3, -0.25) is 0 Å². The normalized spacial score (nSPS) is 13.5. The van der Waals surface area contributed by atoms with Gasteiger partial charge in [0.05, 0.1) is 5.01 Å². The lowest BCUT2D eigenvalue weighted by atomic mass is 9.86. The summed E-state index contributed by atoms with van der Waals surface area (Å²) in [6.45, 7) is 8.69. The SMILES string of the molecule is Cc1csc(CC(N)c2ccc(C(C)(C)C)cc2)n1. The third-order valence-corrected chi connectivity index (χ3v) is 4.25. The van der Waals surface area contributed by atoms with Crippen LogP contribution in [0.25, 0.3) is 0 Å². The Morgan fingerprint density at radius 2 is 1.84 bits per heavy atom. The third kappa shape index (κ3) is 3.64. The van der Waals surface area contributed by atoms with Gasteiger partial charge < -0.3 is 5.73 Å². The van der Waals surface area contributed by atoms with Crippen molar-refractivity contribution >= 4 is 11.3 Å². The first kappa shape index (κ1) is 14.2. The molecule has 0 spiro atoms. The van der Waals surface area contributed by atoms with E-state index in [0.717, 1.165) is 17.1 Å². The van der Waals surface area contributed by atoms with Crippen molar-refractivity contribution in [1.82, 2.24) is 4.98 Å². The van der Waals surface area contributed by atoms with Gasteiger partial charge in [0.25, 0.3) is 0 Å². The Hall–Kier alpha value is -1.19. The Morgan fingerprint density at radius 1 is 1.21 bits per heavy atom. The van der Waals surface area contributed by atoms with Crippen molar-refractivity contribution < 1.29 is 0 Å². The average Bonchev–Trinajstić information content (AvgIpc) is 2.74. The van der Waals surface area contributed by atoms with Crippen LogP contribution in [0.2, 0.25) is 0 Å². The fraction of sp³-hybridized carbons (Fsp3) is 0.438. The highest BCUT2D eigenvalue weighted by Gasteiger charge is 2.15. The monoisotopic (exact) mass is 274 g/mol. The fourth-order valence-corrected chi connectivity index (χ4v) is 2.86. The molecule has 2 N–H and O–H groups in total. The number of nitrogens with two attached hydrogens (primary N) is 1. The van der Waals surface area contributed by atoms with E-state index in [2.05, 4.69) is 55.4 Å². The molecule has 0 saturated carbocycles. The van der Waals surface area contributed by atoms with Crippen LogP contribution >= 0.6 is 11.3 Å². The van der Waals surface area contributed by atoms with E-state index in [-0.39, 0.29) is 11.5 Å². The first-order valence-corrected chi connectivity index (χ1v) is 7.51. The summed E-state index contributed by atoms with van der Waals surface area (Å²) >= 11 is 1.69. The van der Waals surface area contributed by atoms with E-state index in [1.165, 1.54) is 11.1 Å². The lowest BCUT2D eigenvalue weighted by Crippen LogP contribution is -2.15. The minimum atomic E-state index is 0.0274. The van der Waals surface area contributed by atoms with E-state index in [4.69, 9.17) is 5.73 Å². The van der Waals surface area contributed by atoms with Gasteiger partial charge >= 0.3 is 0 Å². The third-order valence-electron chi connectivity index (χ3n) is 3.27. The zero-order chi connectivity index (χ0) is 14.0. The first-order valence-electron chi connectivity index (χ1n) is 6.63. The van der Waals surface area contributed by atoms with Crippen molar-refractivity contribution in [2.45, 2.75) is 45.6 Å². The molecule has 102 valence electrons. The van der Waals surface area contributed by atoms with Crippen LogP contribution in [0.15, 0.2) is 29.6 Å². The van der Waals surface area contributed by atoms with Crippen LogP contribution in [0.4, 0.5) is 0 Å². The summed E-state index contributed by atoms with van der Waals surface area (Å²) in [6, 6.07) is 8.68. The van der Waals surface area contributed by atoms with Gasteiger partial charge in [-0.1, -0.05) is 45.0 Å². The molecule has 1 heterocycles. The Bertz CT molecular complexity index is 535. The zero-order valence-electron chi connectivity index (χ0n) is 12.1. The molecule has 0 bridgehead atoms. The summed E-state index contributed by atoms with van der Waals surface area (Å²) in [5, 5.41) is 3.19. The molecule has 19 heavy (non-hydrogen) atoms. The van der Waals surface area contributed by atoms with Crippen LogP contribution < -0.4 is 5.73 Å². The molecule has 3 heteroatoms. The maximum atomic E-state index is 6.26. The van der Waals surface area contributed by atoms with Crippen molar-refractivity contribution in [1.29, 1.82) is 0 Å². The van der Waals surface area contributed by atoms with Gasteiger partial charge in [-0.2, -0.15) is 0 Å². The van der Waals surface area contributed by atoms with Crippen LogP contribution in [-0.2, 0) is 11.8 Å². The fourth-order valence-electron chi connectivity index (χ4n) is 2.03. The maximum absolute atomic E-state index is 6.26. The van der Waals surface area contributed by atoms with Crippen LogP contribution in [-0.4, -0.2) is 4.98 Å². The van der Waals surface area contributed by atoms with Crippen molar-refractivity contribution in [3.8, 4) is 0 Å². The molecular formula is C16H22N2S. The lowest BCUT2D eigenvalue weighted by Gasteiger charge is -2.20. The quantitative estimate of drug-likeness (QED) is 0.919. The summed E-state index contributed by atoms with van der Waals surface area (Å²) < 4.78 is 0. The number of hydrogen-bond donors (Lipinski definition) is 1. The second-order valence-corrected chi connectivity index (χ2v) is 7.01. The molecule has 1 aromatic heterocycles. The summed E-state index contributed by atoms with van der Waals surface area (Å²) in [6.07, 6.45) is 0.813. The molecule has 0 fully saturated rings. The van der Waals surface area contributed by atoms with Gasteiger partial charge in [0.15, 0.2) is 0 Å². The minimum absolute atomic E-state index is 0.0274. The standard InChI is InChI=1S/C16H22N2S/c1-11-10-19-15(18-11)9-14(17)12-5-7-13(8-6-12)16(2,3)4/h5-8,10,14H,9,17H2,1-4H3. The number of rotatable bonds is 3. The predicted molar refractivity (Wildman–Crippen MR) is 82.6 cm³/mol. The van der Waals surface area contributed by atoms with E-state index in [0.29, 0.717) is 0 Å². The van der Waals surface area contributed by atoms with Crippen molar-refractivity contribution in [2.75, 3.05) is 0 Å². The molecule has 0 aliphatic heterocycles. The topological polar surface area (TPSA) is 38.9 Å². The molecule has 1 aromatic carbocycles. The van der Waals surface area contributed by atoms with Crippen LogP contribution in [0.1, 0.15) is 48.6 Å². The van der Waals surface area contributed by atoms with Crippen LogP contribution in [0.5, 0.6) is 0 Å².